The Balaban J connectivity index is 1.73. The summed E-state index contributed by atoms with van der Waals surface area (Å²) in [6, 6.07) is 5.55. The number of benzene rings is 1. The van der Waals surface area contributed by atoms with Gasteiger partial charge in [0, 0.05) is 17.6 Å². The van der Waals surface area contributed by atoms with E-state index in [4.69, 9.17) is 9.47 Å². The van der Waals surface area contributed by atoms with Gasteiger partial charge in [0.15, 0.2) is 6.61 Å². The third kappa shape index (κ3) is 4.78. The second-order valence-electron chi connectivity index (χ2n) is 4.30. The summed E-state index contributed by atoms with van der Waals surface area (Å²) in [5.41, 5.74) is 0. The van der Waals surface area contributed by atoms with Crippen molar-refractivity contribution in [3.05, 3.63) is 27.1 Å². The summed E-state index contributed by atoms with van der Waals surface area (Å²) in [5, 5.41) is 2.81. The zero-order valence-electron chi connectivity index (χ0n) is 10.3. The van der Waals surface area contributed by atoms with Crippen LogP contribution in [-0.2, 0) is 9.53 Å². The van der Waals surface area contributed by atoms with Crippen LogP contribution in [0.4, 0.5) is 0 Å². The molecule has 1 aromatic carbocycles. The minimum atomic E-state index is -0.134. The molecule has 104 valence electrons. The van der Waals surface area contributed by atoms with Gasteiger partial charge in [0.05, 0.1) is 10.6 Å². The van der Waals surface area contributed by atoms with Crippen LogP contribution in [0.15, 0.2) is 27.1 Å². The minimum absolute atomic E-state index is 0.00690. The van der Waals surface area contributed by atoms with Crippen LogP contribution in [0.3, 0.4) is 0 Å². The SMILES string of the molecule is O=C(COc1ccc(Br)cc1Br)NCC1CCCO1. The molecule has 0 aromatic heterocycles. The molecule has 0 saturated carbocycles. The van der Waals surface area contributed by atoms with Gasteiger partial charge in [-0.3, -0.25) is 4.79 Å². The summed E-state index contributed by atoms with van der Waals surface area (Å²) in [6.07, 6.45) is 2.24. The Morgan fingerprint density at radius 1 is 1.47 bits per heavy atom. The molecule has 19 heavy (non-hydrogen) atoms. The van der Waals surface area contributed by atoms with Crippen molar-refractivity contribution in [2.75, 3.05) is 19.8 Å². The van der Waals surface area contributed by atoms with E-state index in [-0.39, 0.29) is 18.6 Å². The third-order valence-electron chi connectivity index (χ3n) is 2.80. The van der Waals surface area contributed by atoms with E-state index < -0.39 is 0 Å². The maximum Gasteiger partial charge on any atom is 0.258 e. The molecule has 1 aromatic rings. The maximum absolute atomic E-state index is 11.6. The Hall–Kier alpha value is -0.590. The van der Waals surface area contributed by atoms with E-state index in [2.05, 4.69) is 37.2 Å². The number of carbonyl (C=O) groups excluding carboxylic acids is 1. The van der Waals surface area contributed by atoms with Crippen LogP contribution in [0.25, 0.3) is 0 Å². The molecule has 1 N–H and O–H groups in total. The van der Waals surface area contributed by atoms with E-state index in [1.165, 1.54) is 0 Å². The zero-order valence-corrected chi connectivity index (χ0v) is 13.5. The van der Waals surface area contributed by atoms with Gasteiger partial charge in [-0.1, -0.05) is 15.9 Å². The van der Waals surface area contributed by atoms with Gasteiger partial charge in [0.2, 0.25) is 0 Å². The van der Waals surface area contributed by atoms with Crippen LogP contribution in [0.2, 0.25) is 0 Å². The van der Waals surface area contributed by atoms with Gasteiger partial charge in [-0.15, -0.1) is 0 Å². The fraction of sp³-hybridized carbons (Fsp3) is 0.462. The second-order valence-corrected chi connectivity index (χ2v) is 6.07. The summed E-state index contributed by atoms with van der Waals surface area (Å²) in [4.78, 5) is 11.6. The summed E-state index contributed by atoms with van der Waals surface area (Å²) in [6.45, 7) is 1.36. The number of nitrogens with one attached hydrogen (secondary N) is 1. The third-order valence-corrected chi connectivity index (χ3v) is 3.92. The van der Waals surface area contributed by atoms with Crippen LogP contribution >= 0.6 is 31.9 Å². The highest BCUT2D eigenvalue weighted by Crippen LogP contribution is 2.28. The average Bonchev–Trinajstić information content (AvgIpc) is 2.88. The van der Waals surface area contributed by atoms with E-state index in [0.717, 1.165) is 28.4 Å². The number of hydrogen-bond donors (Lipinski definition) is 1. The molecule has 1 atom stereocenters. The Morgan fingerprint density at radius 2 is 2.32 bits per heavy atom. The second kappa shape index (κ2) is 7.26. The van der Waals surface area contributed by atoms with Crippen LogP contribution in [-0.4, -0.2) is 31.8 Å². The van der Waals surface area contributed by atoms with Crippen molar-refractivity contribution in [2.24, 2.45) is 0 Å². The van der Waals surface area contributed by atoms with Crippen LogP contribution in [0.5, 0.6) is 5.75 Å². The molecule has 1 aliphatic heterocycles. The van der Waals surface area contributed by atoms with Crippen molar-refractivity contribution in [1.29, 1.82) is 0 Å². The van der Waals surface area contributed by atoms with Crippen LogP contribution in [0.1, 0.15) is 12.8 Å². The van der Waals surface area contributed by atoms with Gasteiger partial charge < -0.3 is 14.8 Å². The molecule has 1 aliphatic rings. The van der Waals surface area contributed by atoms with E-state index in [0.29, 0.717) is 12.3 Å². The molecule has 6 heteroatoms. The number of halogens is 2. The lowest BCUT2D eigenvalue weighted by atomic mass is 10.2. The molecule has 0 aliphatic carbocycles. The van der Waals surface area contributed by atoms with Crippen molar-refractivity contribution in [2.45, 2.75) is 18.9 Å². The summed E-state index contributed by atoms with van der Waals surface area (Å²) in [7, 11) is 0. The summed E-state index contributed by atoms with van der Waals surface area (Å²) < 4.78 is 12.6. The molecule has 1 heterocycles. The first kappa shape index (κ1) is 14.8. The number of ether oxygens (including phenoxy) is 2. The predicted molar refractivity (Wildman–Crippen MR) is 79.3 cm³/mol. The Morgan fingerprint density at radius 3 is 3.00 bits per heavy atom. The first-order chi connectivity index (χ1) is 9.15. The minimum Gasteiger partial charge on any atom is -0.483 e. The molecular formula is C13H15Br2NO3. The first-order valence-electron chi connectivity index (χ1n) is 6.11. The number of amides is 1. The normalized spacial score (nSPS) is 18.3. The highest BCUT2D eigenvalue weighted by molar-refractivity contribution is 9.11. The largest absolute Gasteiger partial charge is 0.483 e. The molecule has 4 nitrogen and oxygen atoms in total. The monoisotopic (exact) mass is 391 g/mol. The molecule has 1 saturated heterocycles. The molecule has 1 amide bonds. The summed E-state index contributed by atoms with van der Waals surface area (Å²) >= 11 is 6.74. The van der Waals surface area contributed by atoms with Gasteiger partial charge in [-0.05, 0) is 47.0 Å². The van der Waals surface area contributed by atoms with Crippen molar-refractivity contribution in [3.8, 4) is 5.75 Å². The quantitative estimate of drug-likeness (QED) is 0.837. The molecule has 0 bridgehead atoms. The number of carbonyl (C=O) groups is 1. The summed E-state index contributed by atoms with van der Waals surface area (Å²) in [5.74, 6) is 0.515. The Bertz CT molecular complexity index is 448. The number of hydrogen-bond acceptors (Lipinski definition) is 3. The fourth-order valence-electron chi connectivity index (χ4n) is 1.82. The lowest BCUT2D eigenvalue weighted by Crippen LogP contribution is -2.35. The standard InChI is InChI=1S/C13H15Br2NO3/c14-9-3-4-12(11(15)6-9)19-8-13(17)16-7-10-2-1-5-18-10/h3-4,6,10H,1-2,5,7-8H2,(H,16,17). The van der Waals surface area contributed by atoms with Gasteiger partial charge in [0.25, 0.3) is 5.91 Å². The van der Waals surface area contributed by atoms with Crippen molar-refractivity contribution < 1.29 is 14.3 Å². The lowest BCUT2D eigenvalue weighted by Gasteiger charge is -2.12. The van der Waals surface area contributed by atoms with Crippen molar-refractivity contribution in [3.63, 3.8) is 0 Å². The van der Waals surface area contributed by atoms with Gasteiger partial charge in [0.1, 0.15) is 5.75 Å². The topological polar surface area (TPSA) is 47.6 Å². The molecular weight excluding hydrogens is 378 g/mol. The van der Waals surface area contributed by atoms with Gasteiger partial charge in [-0.2, -0.15) is 0 Å². The van der Waals surface area contributed by atoms with Crippen molar-refractivity contribution in [1.82, 2.24) is 5.32 Å². The van der Waals surface area contributed by atoms with Crippen LogP contribution in [0, 0.1) is 0 Å². The molecule has 2 rings (SSSR count). The van der Waals surface area contributed by atoms with Crippen molar-refractivity contribution >= 4 is 37.8 Å². The highest BCUT2D eigenvalue weighted by atomic mass is 79.9. The van der Waals surface area contributed by atoms with E-state index >= 15 is 0 Å². The highest BCUT2D eigenvalue weighted by Gasteiger charge is 2.16. The zero-order chi connectivity index (χ0) is 13.7. The molecule has 0 radical (unpaired) electrons. The fourth-order valence-corrected chi connectivity index (χ4v) is 2.98. The van der Waals surface area contributed by atoms with E-state index in [1.54, 1.807) is 0 Å². The number of rotatable bonds is 5. The average molecular weight is 393 g/mol. The predicted octanol–water partition coefficient (Wildman–Crippen LogP) is 2.89. The van der Waals surface area contributed by atoms with Gasteiger partial charge in [-0.25, -0.2) is 0 Å². The molecule has 1 fully saturated rings. The molecule has 1 unspecified atom stereocenters. The first-order valence-corrected chi connectivity index (χ1v) is 7.70. The van der Waals surface area contributed by atoms with Crippen LogP contribution < -0.4 is 10.1 Å². The van der Waals surface area contributed by atoms with Gasteiger partial charge >= 0.3 is 0 Å². The Kier molecular flexibility index (Phi) is 5.66. The Labute approximate surface area is 129 Å². The molecule has 0 spiro atoms. The van der Waals surface area contributed by atoms with E-state index in [1.807, 2.05) is 18.2 Å². The van der Waals surface area contributed by atoms with E-state index in [9.17, 15) is 4.79 Å². The lowest BCUT2D eigenvalue weighted by molar-refractivity contribution is -0.123. The smallest absolute Gasteiger partial charge is 0.258 e. The maximum atomic E-state index is 11.6.